The molecule has 24 heavy (non-hydrogen) atoms. The number of ether oxygens (including phenoxy) is 1. The molecule has 3 heteroatoms. The Morgan fingerprint density at radius 3 is 2.54 bits per heavy atom. The molecule has 2 aromatic rings. The molecule has 3 nitrogen and oxygen atoms in total. The summed E-state index contributed by atoms with van der Waals surface area (Å²) in [5.41, 5.74) is 2.97. The lowest BCUT2D eigenvalue weighted by Gasteiger charge is -2.07. The number of benzene rings is 2. The highest BCUT2D eigenvalue weighted by atomic mass is 16.5. The van der Waals surface area contributed by atoms with Crippen molar-refractivity contribution in [1.29, 1.82) is 0 Å². The van der Waals surface area contributed by atoms with Crippen molar-refractivity contribution in [3.8, 4) is 5.75 Å². The number of nitrogens with one attached hydrogen (secondary N) is 1. The highest BCUT2D eigenvalue weighted by Crippen LogP contribution is 2.16. The third-order valence-corrected chi connectivity index (χ3v) is 3.73. The van der Waals surface area contributed by atoms with Gasteiger partial charge in [-0.1, -0.05) is 50.6 Å². The molecule has 0 unspecified atom stereocenters. The van der Waals surface area contributed by atoms with Crippen molar-refractivity contribution in [2.45, 2.75) is 33.1 Å². The highest BCUT2D eigenvalue weighted by molar-refractivity contribution is 6.02. The van der Waals surface area contributed by atoms with Crippen LogP contribution < -0.4 is 10.1 Å². The van der Waals surface area contributed by atoms with Gasteiger partial charge in [0, 0.05) is 11.8 Å². The summed E-state index contributed by atoms with van der Waals surface area (Å²) in [5, 5.41) is 2.93. The topological polar surface area (TPSA) is 38.3 Å². The van der Waals surface area contributed by atoms with Crippen LogP contribution in [-0.2, 0) is 11.2 Å². The van der Waals surface area contributed by atoms with Crippen molar-refractivity contribution in [3.05, 3.63) is 65.7 Å². The number of para-hydroxylation sites is 1. The number of rotatable bonds is 8. The Morgan fingerprint density at radius 1 is 1.08 bits per heavy atom. The molecule has 126 valence electrons. The standard InChI is InChI=1S/C21H25NO2/c1-3-5-16-24-19-13-10-17(11-14-19)12-15-21(23)22-20-9-7-6-8-18(20)4-2/h6-15H,3-5,16H2,1-2H3,(H,22,23). The zero-order valence-electron chi connectivity index (χ0n) is 14.4. The first-order chi connectivity index (χ1) is 11.7. The maximum Gasteiger partial charge on any atom is 0.248 e. The fourth-order valence-electron chi connectivity index (χ4n) is 2.31. The van der Waals surface area contributed by atoms with Crippen LogP contribution in [0, 0.1) is 0 Å². The van der Waals surface area contributed by atoms with Gasteiger partial charge in [0.05, 0.1) is 6.61 Å². The number of carbonyl (C=O) groups is 1. The summed E-state index contributed by atoms with van der Waals surface area (Å²) < 4.78 is 5.63. The van der Waals surface area contributed by atoms with Crippen molar-refractivity contribution in [3.63, 3.8) is 0 Å². The predicted octanol–water partition coefficient (Wildman–Crippen LogP) is 5.08. The number of hydrogen-bond donors (Lipinski definition) is 1. The van der Waals surface area contributed by atoms with Crippen LogP contribution in [0.25, 0.3) is 6.08 Å². The van der Waals surface area contributed by atoms with E-state index in [1.165, 1.54) is 0 Å². The van der Waals surface area contributed by atoms with Crippen molar-refractivity contribution >= 4 is 17.7 Å². The Bertz CT molecular complexity index is 674. The maximum atomic E-state index is 12.1. The van der Waals surface area contributed by atoms with E-state index in [0.717, 1.165) is 48.4 Å². The predicted molar refractivity (Wildman–Crippen MR) is 100 cm³/mol. The minimum Gasteiger partial charge on any atom is -0.494 e. The molecule has 0 heterocycles. The van der Waals surface area contributed by atoms with Crippen LogP contribution in [-0.4, -0.2) is 12.5 Å². The number of unbranched alkanes of at least 4 members (excludes halogenated alkanes) is 1. The average Bonchev–Trinajstić information content (AvgIpc) is 2.62. The lowest BCUT2D eigenvalue weighted by molar-refractivity contribution is -0.111. The SMILES string of the molecule is CCCCOc1ccc(C=CC(=O)Nc2ccccc2CC)cc1. The lowest BCUT2D eigenvalue weighted by Crippen LogP contribution is -2.09. The molecule has 0 aliphatic carbocycles. The van der Waals surface area contributed by atoms with Crippen LogP contribution in [0.1, 0.15) is 37.8 Å². The summed E-state index contributed by atoms with van der Waals surface area (Å²) in [4.78, 5) is 12.1. The molecule has 0 aliphatic heterocycles. The lowest BCUT2D eigenvalue weighted by atomic mass is 10.1. The number of amides is 1. The first-order valence-electron chi connectivity index (χ1n) is 8.52. The highest BCUT2D eigenvalue weighted by Gasteiger charge is 2.02. The molecule has 1 amide bonds. The van der Waals surface area contributed by atoms with Crippen molar-refractivity contribution in [1.82, 2.24) is 0 Å². The fourth-order valence-corrected chi connectivity index (χ4v) is 2.31. The molecule has 0 saturated heterocycles. The van der Waals surface area contributed by atoms with Crippen LogP contribution in [0.15, 0.2) is 54.6 Å². The van der Waals surface area contributed by atoms with Gasteiger partial charge in [-0.25, -0.2) is 0 Å². The smallest absolute Gasteiger partial charge is 0.248 e. The van der Waals surface area contributed by atoms with Crippen molar-refractivity contribution in [2.75, 3.05) is 11.9 Å². The van der Waals surface area contributed by atoms with Gasteiger partial charge in [-0.15, -0.1) is 0 Å². The summed E-state index contributed by atoms with van der Waals surface area (Å²) in [5.74, 6) is 0.737. The van der Waals surface area contributed by atoms with Gasteiger partial charge < -0.3 is 10.1 Å². The van der Waals surface area contributed by atoms with Gasteiger partial charge in [0.25, 0.3) is 0 Å². The van der Waals surface area contributed by atoms with E-state index in [1.54, 1.807) is 12.2 Å². The Morgan fingerprint density at radius 2 is 1.83 bits per heavy atom. The molecular weight excluding hydrogens is 298 g/mol. The van der Waals surface area contributed by atoms with Gasteiger partial charge in [-0.2, -0.15) is 0 Å². The van der Waals surface area contributed by atoms with Crippen LogP contribution in [0.4, 0.5) is 5.69 Å². The van der Waals surface area contributed by atoms with Crippen molar-refractivity contribution < 1.29 is 9.53 Å². The van der Waals surface area contributed by atoms with E-state index in [2.05, 4.69) is 19.2 Å². The van der Waals surface area contributed by atoms with Gasteiger partial charge in [0.1, 0.15) is 5.75 Å². The van der Waals surface area contributed by atoms with Gasteiger partial charge in [-0.05, 0) is 48.2 Å². The molecule has 0 spiro atoms. The largest absolute Gasteiger partial charge is 0.494 e. The van der Waals surface area contributed by atoms with Crippen molar-refractivity contribution in [2.24, 2.45) is 0 Å². The second-order valence-electron chi connectivity index (χ2n) is 5.60. The van der Waals surface area contributed by atoms with Crippen LogP contribution in [0.2, 0.25) is 0 Å². The van der Waals surface area contributed by atoms with Gasteiger partial charge in [-0.3, -0.25) is 4.79 Å². The summed E-state index contributed by atoms with van der Waals surface area (Å²) in [6.45, 7) is 4.96. The third-order valence-electron chi connectivity index (χ3n) is 3.73. The van der Waals surface area contributed by atoms with Gasteiger partial charge in [0.15, 0.2) is 0 Å². The monoisotopic (exact) mass is 323 g/mol. The molecule has 1 N–H and O–H groups in total. The van der Waals surface area contributed by atoms with E-state index in [4.69, 9.17) is 4.74 Å². The molecule has 0 fully saturated rings. The van der Waals surface area contributed by atoms with E-state index in [-0.39, 0.29) is 5.91 Å². The minimum absolute atomic E-state index is 0.126. The molecular formula is C21H25NO2. The number of aryl methyl sites for hydroxylation is 1. The third kappa shape index (κ3) is 5.58. The molecule has 0 atom stereocenters. The van der Waals surface area contributed by atoms with E-state index < -0.39 is 0 Å². The van der Waals surface area contributed by atoms with E-state index in [9.17, 15) is 4.79 Å². The Balaban J connectivity index is 1.91. The minimum atomic E-state index is -0.126. The zero-order valence-corrected chi connectivity index (χ0v) is 14.4. The second kappa shape index (κ2) is 9.56. The van der Waals surface area contributed by atoms with Crippen LogP contribution >= 0.6 is 0 Å². The number of anilines is 1. The summed E-state index contributed by atoms with van der Waals surface area (Å²) in [6, 6.07) is 15.6. The Kier molecular flexibility index (Phi) is 7.09. The first-order valence-corrected chi connectivity index (χ1v) is 8.52. The second-order valence-corrected chi connectivity index (χ2v) is 5.60. The molecule has 2 aromatic carbocycles. The number of hydrogen-bond acceptors (Lipinski definition) is 2. The average molecular weight is 323 g/mol. The quantitative estimate of drug-likeness (QED) is 0.543. The van der Waals surface area contributed by atoms with E-state index >= 15 is 0 Å². The molecule has 0 radical (unpaired) electrons. The van der Waals surface area contributed by atoms with Crippen LogP contribution in [0.3, 0.4) is 0 Å². The van der Waals surface area contributed by atoms with E-state index in [1.807, 2.05) is 48.5 Å². The molecule has 0 aromatic heterocycles. The first kappa shape index (κ1) is 17.8. The zero-order chi connectivity index (χ0) is 17.2. The van der Waals surface area contributed by atoms with Crippen LogP contribution in [0.5, 0.6) is 5.75 Å². The van der Waals surface area contributed by atoms with Gasteiger partial charge >= 0.3 is 0 Å². The Labute approximate surface area is 144 Å². The molecule has 0 bridgehead atoms. The van der Waals surface area contributed by atoms with Gasteiger partial charge in [0.2, 0.25) is 5.91 Å². The Hall–Kier alpha value is -2.55. The number of carbonyl (C=O) groups excluding carboxylic acids is 1. The summed E-state index contributed by atoms with van der Waals surface area (Å²) in [7, 11) is 0. The summed E-state index contributed by atoms with van der Waals surface area (Å²) in [6.07, 6.45) is 6.43. The normalized spacial score (nSPS) is 10.8. The van der Waals surface area contributed by atoms with E-state index in [0.29, 0.717) is 0 Å². The fraction of sp³-hybridized carbons (Fsp3) is 0.286. The molecule has 0 aliphatic rings. The maximum absolute atomic E-state index is 12.1. The summed E-state index contributed by atoms with van der Waals surface area (Å²) >= 11 is 0. The molecule has 0 saturated carbocycles. The molecule has 2 rings (SSSR count).